The van der Waals surface area contributed by atoms with E-state index < -0.39 is 18.0 Å². The molecule has 2 aromatic carbocycles. The molecule has 4 N–H and O–H groups in total. The zero-order valence-corrected chi connectivity index (χ0v) is 23.4. The number of carboxylic acid groups (broad SMARTS) is 2. The highest BCUT2D eigenvalue weighted by atomic mass is 16.5. The van der Waals surface area contributed by atoms with Crippen molar-refractivity contribution in [2.75, 3.05) is 40.5 Å². The van der Waals surface area contributed by atoms with Crippen molar-refractivity contribution < 1.29 is 54.0 Å². The Labute approximate surface area is 234 Å². The van der Waals surface area contributed by atoms with Gasteiger partial charge in [0.05, 0.1) is 33.3 Å². The van der Waals surface area contributed by atoms with E-state index >= 15 is 0 Å². The molecule has 0 bridgehead atoms. The van der Waals surface area contributed by atoms with Gasteiger partial charge in [0.25, 0.3) is 0 Å². The number of quaternary nitrogens is 1. The van der Waals surface area contributed by atoms with Crippen LogP contribution in [0.25, 0.3) is 0 Å². The van der Waals surface area contributed by atoms with Gasteiger partial charge in [-0.25, -0.2) is 4.79 Å². The minimum Gasteiger partial charge on any atom is -0.545 e. The number of benzene rings is 2. The maximum absolute atomic E-state index is 11.7. The molecule has 0 heterocycles. The average molecular weight is 562 g/mol. The maximum atomic E-state index is 11.7. The largest absolute Gasteiger partial charge is 0.545 e. The third-order valence-corrected chi connectivity index (χ3v) is 5.39. The number of aliphatic carboxylic acids is 2. The second-order valence-corrected chi connectivity index (χ2v) is 8.64. The Kier molecular flexibility index (Phi) is 16.3. The summed E-state index contributed by atoms with van der Waals surface area (Å²) in [6, 6.07) is 11.2. The predicted molar refractivity (Wildman–Crippen MR) is 145 cm³/mol. The van der Waals surface area contributed by atoms with E-state index in [2.05, 4.69) is 5.32 Å². The van der Waals surface area contributed by atoms with E-state index in [9.17, 15) is 24.6 Å². The lowest BCUT2D eigenvalue weighted by Crippen LogP contribution is -2.87. The van der Waals surface area contributed by atoms with Gasteiger partial charge in [0.1, 0.15) is 25.0 Å². The summed E-state index contributed by atoms with van der Waals surface area (Å²) in [6.45, 7) is 6.12. The van der Waals surface area contributed by atoms with Crippen LogP contribution in [-0.2, 0) is 27.4 Å². The molecule has 0 aliphatic rings. The molecular weight excluding hydrogens is 522 g/mol. The smallest absolute Gasteiger partial charge is 0.328 e. The number of ether oxygens (including phenoxy) is 4. The quantitative estimate of drug-likeness (QED) is 0.142. The Morgan fingerprint density at radius 3 is 2.30 bits per heavy atom. The number of Topliss-reactive ketones (excluding diaryl/α,β-unsaturated/α-hetero) is 1. The zero-order chi connectivity index (χ0) is 29.9. The first-order valence-electron chi connectivity index (χ1n) is 12.8. The highest BCUT2D eigenvalue weighted by molar-refractivity contribution is 5.94. The number of aliphatic hydroxyl groups is 1. The molecule has 0 saturated heterocycles. The predicted octanol–water partition coefficient (Wildman–Crippen LogP) is 0.756. The van der Waals surface area contributed by atoms with Gasteiger partial charge in [-0.15, -0.1) is 0 Å². The fourth-order valence-electron chi connectivity index (χ4n) is 3.39. The molecule has 0 saturated carbocycles. The van der Waals surface area contributed by atoms with Gasteiger partial charge in [-0.2, -0.15) is 0 Å². The van der Waals surface area contributed by atoms with Crippen molar-refractivity contribution in [3.8, 4) is 17.2 Å². The van der Waals surface area contributed by atoms with Crippen LogP contribution in [0.15, 0.2) is 48.6 Å². The first-order chi connectivity index (χ1) is 19.1. The molecule has 2 aromatic rings. The van der Waals surface area contributed by atoms with Crippen molar-refractivity contribution in [2.45, 2.75) is 39.4 Å². The number of nitrogens with two attached hydrogens (primary N) is 1. The summed E-state index contributed by atoms with van der Waals surface area (Å²) in [4.78, 5) is 30.7. The van der Waals surface area contributed by atoms with Crippen LogP contribution in [0.2, 0.25) is 0 Å². The summed E-state index contributed by atoms with van der Waals surface area (Å²) in [5.41, 5.74) is 2.58. The molecule has 0 radical (unpaired) electrons. The lowest BCUT2D eigenvalue weighted by Gasteiger charge is -2.15. The van der Waals surface area contributed by atoms with Crippen LogP contribution in [0.3, 0.4) is 0 Å². The molecule has 0 aliphatic heterocycles. The van der Waals surface area contributed by atoms with E-state index in [1.807, 2.05) is 25.1 Å². The lowest BCUT2D eigenvalue weighted by molar-refractivity contribution is -0.660. The first-order valence-corrected chi connectivity index (χ1v) is 12.8. The normalized spacial score (nSPS) is 11.3. The van der Waals surface area contributed by atoms with E-state index in [4.69, 9.17) is 24.1 Å². The average Bonchev–Trinajstić information content (AvgIpc) is 2.93. The number of hydrogen-bond acceptors (Lipinski definition) is 9. The topological polar surface area (TPSA) is 168 Å². The third kappa shape index (κ3) is 13.7. The van der Waals surface area contributed by atoms with E-state index in [-0.39, 0.29) is 12.4 Å². The minimum absolute atomic E-state index is 0.00240. The standard InChI is InChI=1S/C25H35NO6.C4H4O4/c1-5-12-31-16-21-14-20(18(2)27)7-9-23(21)32-17-22(28)15-26-11-10-19-6-8-24(29-3)25(13-19)30-4;5-3(6)1-2-4(7)8/h6-9,13-14,22,26,28H,5,10-12,15-17H2,1-4H3;1-2H,(H,5,6)(H,7,8)/b;2-1+. The number of methoxy groups -OCH3 is 2. The fourth-order valence-corrected chi connectivity index (χ4v) is 3.39. The van der Waals surface area contributed by atoms with Crippen LogP contribution in [-0.4, -0.2) is 74.6 Å². The Balaban J connectivity index is 0.000000869. The van der Waals surface area contributed by atoms with Gasteiger partial charge in [-0.1, -0.05) is 13.0 Å². The van der Waals surface area contributed by atoms with Gasteiger partial charge in [-0.3, -0.25) is 4.79 Å². The molecular formula is C29H39NO10. The van der Waals surface area contributed by atoms with Gasteiger partial charge in [0.2, 0.25) is 0 Å². The molecule has 2 rings (SSSR count). The minimum atomic E-state index is -1.51. The van der Waals surface area contributed by atoms with Crippen LogP contribution in [0.1, 0.15) is 41.8 Å². The summed E-state index contributed by atoms with van der Waals surface area (Å²) in [7, 11) is 3.24. The van der Waals surface area contributed by atoms with Crippen LogP contribution < -0.4 is 24.6 Å². The molecule has 0 spiro atoms. The summed E-state index contributed by atoms with van der Waals surface area (Å²) in [5.74, 6) is -0.744. The Morgan fingerprint density at radius 2 is 1.73 bits per heavy atom. The molecule has 220 valence electrons. The van der Waals surface area contributed by atoms with Crippen molar-refractivity contribution in [2.24, 2.45) is 0 Å². The SMILES string of the molecule is CCCOCc1cc(C(C)=O)ccc1OCC(O)C[NH2+]CCc1ccc(OC)c(OC)c1.O=C([O-])/C=C/C(=O)O. The molecule has 1 atom stereocenters. The van der Waals surface area contributed by atoms with Crippen molar-refractivity contribution in [1.82, 2.24) is 0 Å². The number of carbonyl (C=O) groups excluding carboxylic acids is 2. The summed E-state index contributed by atoms with van der Waals surface area (Å²) < 4.78 is 22.1. The second-order valence-electron chi connectivity index (χ2n) is 8.64. The van der Waals surface area contributed by atoms with Gasteiger partial charge >= 0.3 is 5.97 Å². The zero-order valence-electron chi connectivity index (χ0n) is 23.4. The lowest BCUT2D eigenvalue weighted by atomic mass is 10.1. The Hall–Kier alpha value is -3.93. The first kappa shape index (κ1) is 34.1. The highest BCUT2D eigenvalue weighted by Gasteiger charge is 2.12. The molecule has 0 fully saturated rings. The van der Waals surface area contributed by atoms with Crippen molar-refractivity contribution in [3.63, 3.8) is 0 Å². The molecule has 40 heavy (non-hydrogen) atoms. The summed E-state index contributed by atoms with van der Waals surface area (Å²) >= 11 is 0. The Morgan fingerprint density at radius 1 is 1.02 bits per heavy atom. The summed E-state index contributed by atoms with van der Waals surface area (Å²) in [6.07, 6.45) is 2.09. The Bertz CT molecular complexity index is 1100. The number of carbonyl (C=O) groups is 3. The van der Waals surface area contributed by atoms with Crippen molar-refractivity contribution in [3.05, 3.63) is 65.2 Å². The van der Waals surface area contributed by atoms with Crippen LogP contribution >= 0.6 is 0 Å². The van der Waals surface area contributed by atoms with Crippen molar-refractivity contribution >= 4 is 17.7 Å². The van der Waals surface area contributed by atoms with Crippen LogP contribution in [0.4, 0.5) is 0 Å². The number of aliphatic hydroxyl groups excluding tert-OH is 1. The molecule has 0 aromatic heterocycles. The van der Waals surface area contributed by atoms with Crippen molar-refractivity contribution in [1.29, 1.82) is 0 Å². The molecule has 1 unspecified atom stereocenters. The summed E-state index contributed by atoms with van der Waals surface area (Å²) in [5, 5.41) is 29.6. The van der Waals surface area contributed by atoms with E-state index in [1.54, 1.807) is 32.4 Å². The number of ketones is 1. The highest BCUT2D eigenvalue weighted by Crippen LogP contribution is 2.27. The third-order valence-electron chi connectivity index (χ3n) is 5.39. The molecule has 0 amide bonds. The second kappa shape index (κ2) is 19.2. The van der Waals surface area contributed by atoms with Crippen LogP contribution in [0.5, 0.6) is 17.2 Å². The molecule has 11 heteroatoms. The van der Waals surface area contributed by atoms with E-state index in [0.29, 0.717) is 54.7 Å². The maximum Gasteiger partial charge on any atom is 0.328 e. The molecule has 0 aliphatic carbocycles. The monoisotopic (exact) mass is 561 g/mol. The van der Waals surface area contributed by atoms with Gasteiger partial charge in [0.15, 0.2) is 17.3 Å². The number of carboxylic acids is 2. The fraction of sp³-hybridized carbons (Fsp3) is 0.414. The van der Waals surface area contributed by atoms with Crippen LogP contribution in [0, 0.1) is 0 Å². The van der Waals surface area contributed by atoms with Gasteiger partial charge in [0, 0.05) is 30.2 Å². The molecule has 11 nitrogen and oxygen atoms in total. The van der Waals surface area contributed by atoms with Gasteiger partial charge < -0.3 is 44.4 Å². The van der Waals surface area contributed by atoms with E-state index in [1.165, 1.54) is 6.92 Å². The van der Waals surface area contributed by atoms with E-state index in [0.717, 1.165) is 30.5 Å². The number of rotatable bonds is 17. The number of hydrogen-bond donors (Lipinski definition) is 3. The van der Waals surface area contributed by atoms with Gasteiger partial charge in [-0.05, 0) is 55.3 Å².